The van der Waals surface area contributed by atoms with E-state index in [9.17, 15) is 19.5 Å². The highest BCUT2D eigenvalue weighted by Gasteiger charge is 2.43. The molecule has 0 fully saturated rings. The van der Waals surface area contributed by atoms with Gasteiger partial charge in [-0.1, -0.05) is 5.92 Å². The average molecular weight is 542 g/mol. The Balaban J connectivity index is 1.91. The van der Waals surface area contributed by atoms with E-state index in [2.05, 4.69) is 21.9 Å². The minimum absolute atomic E-state index is 0.00300. The first-order valence-electron chi connectivity index (χ1n) is 11.9. The molecule has 35 heavy (non-hydrogen) atoms. The SMILES string of the molecule is C#CCOc1c(Br)cc(C2C3=C(CCCC3=O)N(CCC(=O)O)C3=C2C(=O)CCC3)cc1OCC. The number of allylic oxidation sites excluding steroid dienone is 4. The number of halogens is 1. The maximum absolute atomic E-state index is 13.4. The normalized spacial score (nSPS) is 18.3. The van der Waals surface area contributed by atoms with Gasteiger partial charge in [0.1, 0.15) is 6.61 Å². The number of Topliss-reactive ketones (excluding diaryl/α,β-unsaturated/α-hetero) is 2. The van der Waals surface area contributed by atoms with Crippen LogP contribution in [-0.2, 0) is 14.4 Å². The van der Waals surface area contributed by atoms with Gasteiger partial charge in [-0.15, -0.1) is 6.42 Å². The van der Waals surface area contributed by atoms with Gasteiger partial charge in [-0.3, -0.25) is 14.4 Å². The molecule has 0 saturated carbocycles. The maximum atomic E-state index is 13.4. The summed E-state index contributed by atoms with van der Waals surface area (Å²) in [5, 5.41) is 9.33. The van der Waals surface area contributed by atoms with Crippen molar-refractivity contribution in [3.63, 3.8) is 0 Å². The largest absolute Gasteiger partial charge is 0.490 e. The van der Waals surface area contributed by atoms with Crippen LogP contribution in [0.5, 0.6) is 11.5 Å². The molecule has 0 unspecified atom stereocenters. The van der Waals surface area contributed by atoms with Gasteiger partial charge >= 0.3 is 5.97 Å². The van der Waals surface area contributed by atoms with Crippen molar-refractivity contribution in [2.45, 2.75) is 57.8 Å². The zero-order valence-electron chi connectivity index (χ0n) is 19.7. The van der Waals surface area contributed by atoms with Crippen LogP contribution < -0.4 is 9.47 Å². The highest BCUT2D eigenvalue weighted by Crippen LogP contribution is 2.51. The van der Waals surface area contributed by atoms with Crippen LogP contribution in [0.2, 0.25) is 0 Å². The molecule has 0 saturated heterocycles. The lowest BCUT2D eigenvalue weighted by atomic mass is 9.71. The van der Waals surface area contributed by atoms with Crippen molar-refractivity contribution in [1.82, 2.24) is 4.90 Å². The van der Waals surface area contributed by atoms with Crippen LogP contribution in [0.3, 0.4) is 0 Å². The number of carbonyl (C=O) groups excluding carboxylic acids is 2. The van der Waals surface area contributed by atoms with Gasteiger partial charge in [0.2, 0.25) is 0 Å². The number of rotatable bonds is 8. The summed E-state index contributed by atoms with van der Waals surface area (Å²) in [6.45, 7) is 2.58. The molecule has 0 amide bonds. The average Bonchev–Trinajstić information content (AvgIpc) is 2.82. The number of hydrogen-bond acceptors (Lipinski definition) is 6. The Morgan fingerprint density at radius 2 is 1.74 bits per heavy atom. The third-order valence-corrected chi connectivity index (χ3v) is 7.19. The van der Waals surface area contributed by atoms with E-state index in [-0.39, 0.29) is 31.1 Å². The van der Waals surface area contributed by atoms with E-state index in [1.165, 1.54) is 0 Å². The monoisotopic (exact) mass is 541 g/mol. The van der Waals surface area contributed by atoms with Crippen LogP contribution in [0.15, 0.2) is 39.1 Å². The molecule has 8 heteroatoms. The summed E-state index contributed by atoms with van der Waals surface area (Å²) < 4.78 is 12.2. The molecule has 0 atom stereocenters. The Morgan fingerprint density at radius 3 is 2.29 bits per heavy atom. The third kappa shape index (κ3) is 4.87. The molecule has 0 bridgehead atoms. The zero-order chi connectivity index (χ0) is 25.1. The lowest BCUT2D eigenvalue weighted by Gasteiger charge is -2.44. The summed E-state index contributed by atoms with van der Waals surface area (Å²) in [6, 6.07) is 3.70. The lowest BCUT2D eigenvalue weighted by molar-refractivity contribution is -0.137. The number of hydrogen-bond donors (Lipinski definition) is 1. The first-order valence-corrected chi connectivity index (χ1v) is 12.7. The highest BCUT2D eigenvalue weighted by molar-refractivity contribution is 9.10. The van der Waals surface area contributed by atoms with E-state index in [1.807, 2.05) is 24.0 Å². The molecule has 0 aromatic heterocycles. The van der Waals surface area contributed by atoms with Crippen molar-refractivity contribution in [3.05, 3.63) is 44.7 Å². The summed E-state index contributed by atoms with van der Waals surface area (Å²) in [4.78, 5) is 40.0. The van der Waals surface area contributed by atoms with Crippen molar-refractivity contribution in [3.8, 4) is 23.8 Å². The van der Waals surface area contributed by atoms with Gasteiger partial charge in [-0.05, 0) is 66.2 Å². The second-order valence-corrected chi connectivity index (χ2v) is 9.61. The van der Waals surface area contributed by atoms with Gasteiger partial charge < -0.3 is 19.5 Å². The third-order valence-electron chi connectivity index (χ3n) is 6.60. The van der Waals surface area contributed by atoms with Gasteiger partial charge in [0.15, 0.2) is 23.1 Å². The molecule has 2 aliphatic carbocycles. The first-order chi connectivity index (χ1) is 16.9. The minimum atomic E-state index is -0.909. The molecule has 1 aromatic rings. The number of carbonyl (C=O) groups is 3. The molecule has 0 spiro atoms. The van der Waals surface area contributed by atoms with Gasteiger partial charge in [-0.2, -0.15) is 0 Å². The highest BCUT2D eigenvalue weighted by atomic mass is 79.9. The fraction of sp³-hybridized carbons (Fsp3) is 0.444. The number of aliphatic carboxylic acids is 1. The molecule has 1 aromatic carbocycles. The quantitative estimate of drug-likeness (QED) is 0.474. The number of carboxylic acid groups (broad SMARTS) is 1. The van der Waals surface area contributed by atoms with E-state index in [0.717, 1.165) is 17.0 Å². The van der Waals surface area contributed by atoms with Gasteiger partial charge in [0, 0.05) is 47.8 Å². The molecule has 1 aliphatic heterocycles. The lowest BCUT2D eigenvalue weighted by Crippen LogP contribution is -2.39. The summed E-state index contributed by atoms with van der Waals surface area (Å²) in [5.74, 6) is 1.98. The van der Waals surface area contributed by atoms with Crippen molar-refractivity contribution in [1.29, 1.82) is 0 Å². The summed E-state index contributed by atoms with van der Waals surface area (Å²) in [7, 11) is 0. The molecular formula is C27H28BrNO6. The van der Waals surface area contributed by atoms with E-state index in [4.69, 9.17) is 15.9 Å². The van der Waals surface area contributed by atoms with Crippen molar-refractivity contribution in [2.24, 2.45) is 0 Å². The van der Waals surface area contributed by atoms with Gasteiger partial charge in [-0.25, -0.2) is 0 Å². The Kier molecular flexibility index (Phi) is 7.66. The maximum Gasteiger partial charge on any atom is 0.305 e. The second kappa shape index (κ2) is 10.7. The predicted molar refractivity (Wildman–Crippen MR) is 133 cm³/mol. The molecule has 1 heterocycles. The molecular weight excluding hydrogens is 514 g/mol. The molecule has 0 radical (unpaired) electrons. The molecule has 4 rings (SSSR count). The second-order valence-electron chi connectivity index (χ2n) is 8.76. The van der Waals surface area contributed by atoms with Crippen LogP contribution >= 0.6 is 15.9 Å². The van der Waals surface area contributed by atoms with Crippen molar-refractivity contribution < 1.29 is 29.0 Å². The van der Waals surface area contributed by atoms with E-state index in [0.29, 0.717) is 72.2 Å². The fourth-order valence-electron chi connectivity index (χ4n) is 5.30. The van der Waals surface area contributed by atoms with Crippen molar-refractivity contribution in [2.75, 3.05) is 19.8 Å². The molecule has 7 nitrogen and oxygen atoms in total. The molecule has 184 valence electrons. The standard InChI is InChI=1S/C27H28BrNO6/c1-3-13-35-27-17(28)14-16(15-22(27)34-4-2)24-25-18(7-5-9-20(25)30)29(12-11-23(32)33)19-8-6-10-21(31)26(19)24/h1,14-15,24H,4-13H2,2H3,(H,32,33). The number of carboxylic acids is 1. The number of benzene rings is 1. The van der Waals surface area contributed by atoms with Crippen LogP contribution in [-0.4, -0.2) is 47.3 Å². The predicted octanol–water partition coefficient (Wildman–Crippen LogP) is 4.75. The topological polar surface area (TPSA) is 93.1 Å². The van der Waals surface area contributed by atoms with E-state index < -0.39 is 11.9 Å². The van der Waals surface area contributed by atoms with Gasteiger partial charge in [0.25, 0.3) is 0 Å². The molecule has 1 N–H and O–H groups in total. The first kappa shape index (κ1) is 25.1. The number of ether oxygens (including phenoxy) is 2. The Morgan fingerprint density at radius 1 is 1.11 bits per heavy atom. The van der Waals surface area contributed by atoms with Crippen LogP contribution in [0, 0.1) is 12.3 Å². The minimum Gasteiger partial charge on any atom is -0.490 e. The Labute approximate surface area is 213 Å². The van der Waals surface area contributed by atoms with Gasteiger partial charge in [0.05, 0.1) is 17.5 Å². The fourth-order valence-corrected chi connectivity index (χ4v) is 5.87. The van der Waals surface area contributed by atoms with Crippen LogP contribution in [0.4, 0.5) is 0 Å². The number of ketones is 2. The number of nitrogens with zero attached hydrogens (tertiary/aromatic N) is 1. The Bertz CT molecular complexity index is 1130. The summed E-state index contributed by atoms with van der Waals surface area (Å²) in [5.41, 5.74) is 3.66. The van der Waals surface area contributed by atoms with E-state index in [1.54, 1.807) is 0 Å². The van der Waals surface area contributed by atoms with Crippen LogP contribution in [0.25, 0.3) is 0 Å². The summed E-state index contributed by atoms with van der Waals surface area (Å²) in [6.07, 6.45) is 8.87. The zero-order valence-corrected chi connectivity index (χ0v) is 21.3. The number of terminal acetylenes is 1. The van der Waals surface area contributed by atoms with Crippen LogP contribution in [0.1, 0.15) is 63.4 Å². The van der Waals surface area contributed by atoms with Crippen molar-refractivity contribution >= 4 is 33.5 Å². The molecule has 3 aliphatic rings. The van der Waals surface area contributed by atoms with E-state index >= 15 is 0 Å². The Hall–Kier alpha value is -3.05. The summed E-state index contributed by atoms with van der Waals surface area (Å²) >= 11 is 3.57. The smallest absolute Gasteiger partial charge is 0.305 e.